The van der Waals surface area contributed by atoms with Gasteiger partial charge in [-0.1, -0.05) is 19.9 Å². The minimum atomic E-state index is -0.117. The summed E-state index contributed by atoms with van der Waals surface area (Å²) in [7, 11) is 0. The Morgan fingerprint density at radius 3 is 2.67 bits per heavy atom. The molecule has 1 aliphatic rings. The number of hydrogen-bond donors (Lipinski definition) is 1. The summed E-state index contributed by atoms with van der Waals surface area (Å²) in [5.41, 5.74) is 2.42. The van der Waals surface area contributed by atoms with Crippen LogP contribution in [0.5, 0.6) is 0 Å². The van der Waals surface area contributed by atoms with Gasteiger partial charge in [0.2, 0.25) is 0 Å². The van der Waals surface area contributed by atoms with Crippen molar-refractivity contribution >= 4 is 0 Å². The van der Waals surface area contributed by atoms with Crippen molar-refractivity contribution in [2.75, 3.05) is 19.6 Å². The maximum atomic E-state index is 13.5. The fraction of sp³-hybridized carbons (Fsp3) is 0.600. The molecule has 3 heteroatoms. The SMILES string of the molecule is CCCN(CCC)[C@@H]1CNCc2ccc(F)cc21. The average Bonchev–Trinajstić information content (AvgIpc) is 2.38. The van der Waals surface area contributed by atoms with E-state index in [0.29, 0.717) is 6.04 Å². The molecule has 0 spiro atoms. The van der Waals surface area contributed by atoms with Gasteiger partial charge in [-0.2, -0.15) is 0 Å². The Bertz CT molecular complexity index is 386. The van der Waals surface area contributed by atoms with Crippen LogP contribution in [0.15, 0.2) is 18.2 Å². The molecular weight excluding hydrogens is 227 g/mol. The summed E-state index contributed by atoms with van der Waals surface area (Å²) in [6.07, 6.45) is 2.28. The second-order valence-electron chi connectivity index (χ2n) is 5.03. The number of benzene rings is 1. The molecule has 2 nitrogen and oxygen atoms in total. The van der Waals surface area contributed by atoms with Crippen molar-refractivity contribution < 1.29 is 4.39 Å². The molecule has 0 aromatic heterocycles. The highest BCUT2D eigenvalue weighted by Crippen LogP contribution is 2.28. The fourth-order valence-electron chi connectivity index (χ4n) is 2.81. The van der Waals surface area contributed by atoms with Crippen molar-refractivity contribution in [2.24, 2.45) is 0 Å². The van der Waals surface area contributed by atoms with Gasteiger partial charge in [0.15, 0.2) is 0 Å². The highest BCUT2D eigenvalue weighted by molar-refractivity contribution is 5.33. The highest BCUT2D eigenvalue weighted by Gasteiger charge is 2.25. The number of halogens is 1. The van der Waals surface area contributed by atoms with E-state index in [2.05, 4.69) is 24.1 Å². The van der Waals surface area contributed by atoms with Crippen LogP contribution in [-0.2, 0) is 6.54 Å². The van der Waals surface area contributed by atoms with E-state index in [1.54, 1.807) is 12.1 Å². The first-order valence-corrected chi connectivity index (χ1v) is 6.99. The predicted molar refractivity (Wildman–Crippen MR) is 73.0 cm³/mol. The molecule has 1 N–H and O–H groups in total. The van der Waals surface area contributed by atoms with Gasteiger partial charge in [0, 0.05) is 19.1 Å². The van der Waals surface area contributed by atoms with Gasteiger partial charge in [0.25, 0.3) is 0 Å². The minimum Gasteiger partial charge on any atom is -0.311 e. The lowest BCUT2D eigenvalue weighted by Gasteiger charge is -2.36. The molecule has 1 heterocycles. The molecule has 1 atom stereocenters. The predicted octanol–water partition coefficient (Wildman–Crippen LogP) is 3.09. The van der Waals surface area contributed by atoms with Gasteiger partial charge in [-0.05, 0) is 49.2 Å². The Morgan fingerprint density at radius 2 is 2.00 bits per heavy atom. The Balaban J connectivity index is 2.26. The van der Waals surface area contributed by atoms with Gasteiger partial charge in [0.05, 0.1) is 0 Å². The molecule has 100 valence electrons. The Labute approximate surface area is 109 Å². The number of hydrogen-bond acceptors (Lipinski definition) is 2. The standard InChI is InChI=1S/C15H23FN2/c1-3-7-18(8-4-2)15-11-17-10-12-5-6-13(16)9-14(12)15/h5-6,9,15,17H,3-4,7-8,10-11H2,1-2H3/t15-/m1/s1. The molecule has 1 aliphatic heterocycles. The van der Waals surface area contributed by atoms with Gasteiger partial charge < -0.3 is 5.32 Å². The van der Waals surface area contributed by atoms with Crippen molar-refractivity contribution in [3.8, 4) is 0 Å². The summed E-state index contributed by atoms with van der Waals surface area (Å²) in [5.74, 6) is -0.117. The summed E-state index contributed by atoms with van der Waals surface area (Å²) in [6.45, 7) is 8.34. The van der Waals surface area contributed by atoms with Gasteiger partial charge in [-0.3, -0.25) is 4.90 Å². The van der Waals surface area contributed by atoms with Crippen LogP contribution < -0.4 is 5.32 Å². The number of nitrogens with zero attached hydrogens (tertiary/aromatic N) is 1. The molecule has 1 aromatic carbocycles. The van der Waals surface area contributed by atoms with Crippen LogP contribution in [0.2, 0.25) is 0 Å². The number of nitrogens with one attached hydrogen (secondary N) is 1. The van der Waals surface area contributed by atoms with Crippen molar-refractivity contribution in [3.63, 3.8) is 0 Å². The average molecular weight is 250 g/mol. The molecule has 0 bridgehead atoms. The highest BCUT2D eigenvalue weighted by atomic mass is 19.1. The third kappa shape index (κ3) is 2.90. The zero-order valence-electron chi connectivity index (χ0n) is 11.4. The number of rotatable bonds is 5. The zero-order valence-corrected chi connectivity index (χ0v) is 11.4. The van der Waals surface area contributed by atoms with Crippen LogP contribution in [0.25, 0.3) is 0 Å². The van der Waals surface area contributed by atoms with Gasteiger partial charge in [-0.25, -0.2) is 4.39 Å². The van der Waals surface area contributed by atoms with E-state index in [1.165, 1.54) is 11.1 Å². The first kappa shape index (κ1) is 13.5. The van der Waals surface area contributed by atoms with E-state index >= 15 is 0 Å². The normalized spacial score (nSPS) is 19.0. The fourth-order valence-corrected chi connectivity index (χ4v) is 2.81. The lowest BCUT2D eigenvalue weighted by Crippen LogP contribution is -2.40. The largest absolute Gasteiger partial charge is 0.311 e. The van der Waals surface area contributed by atoms with Crippen LogP contribution in [0, 0.1) is 5.82 Å². The molecule has 1 aromatic rings. The van der Waals surface area contributed by atoms with Gasteiger partial charge >= 0.3 is 0 Å². The molecule has 0 saturated carbocycles. The van der Waals surface area contributed by atoms with Gasteiger partial charge in [-0.15, -0.1) is 0 Å². The second-order valence-corrected chi connectivity index (χ2v) is 5.03. The smallest absolute Gasteiger partial charge is 0.123 e. The minimum absolute atomic E-state index is 0.117. The lowest BCUT2D eigenvalue weighted by atomic mass is 9.95. The molecule has 0 radical (unpaired) electrons. The van der Waals surface area contributed by atoms with Crippen LogP contribution in [0.4, 0.5) is 4.39 Å². The molecular formula is C15H23FN2. The monoisotopic (exact) mass is 250 g/mol. The van der Waals surface area contributed by atoms with Crippen LogP contribution in [0.1, 0.15) is 43.9 Å². The maximum absolute atomic E-state index is 13.5. The Hall–Kier alpha value is -0.930. The van der Waals surface area contributed by atoms with E-state index in [0.717, 1.165) is 39.0 Å². The maximum Gasteiger partial charge on any atom is 0.123 e. The van der Waals surface area contributed by atoms with E-state index in [4.69, 9.17) is 0 Å². The summed E-state index contributed by atoms with van der Waals surface area (Å²) in [4.78, 5) is 2.48. The molecule has 0 saturated heterocycles. The van der Waals surface area contributed by atoms with Crippen molar-refractivity contribution in [1.29, 1.82) is 0 Å². The first-order chi connectivity index (χ1) is 8.76. The van der Waals surface area contributed by atoms with Crippen LogP contribution in [-0.4, -0.2) is 24.5 Å². The molecule has 18 heavy (non-hydrogen) atoms. The first-order valence-electron chi connectivity index (χ1n) is 6.99. The number of fused-ring (bicyclic) bond motifs is 1. The summed E-state index contributed by atoms with van der Waals surface area (Å²) in [5, 5.41) is 3.44. The lowest BCUT2D eigenvalue weighted by molar-refractivity contribution is 0.185. The molecule has 0 unspecified atom stereocenters. The van der Waals surface area contributed by atoms with E-state index in [9.17, 15) is 4.39 Å². The third-order valence-corrected chi connectivity index (χ3v) is 3.58. The van der Waals surface area contributed by atoms with Crippen molar-refractivity contribution in [3.05, 3.63) is 35.1 Å². The molecule has 0 aliphatic carbocycles. The summed E-state index contributed by atoms with van der Waals surface area (Å²) >= 11 is 0. The van der Waals surface area contributed by atoms with Crippen LogP contribution in [0.3, 0.4) is 0 Å². The van der Waals surface area contributed by atoms with E-state index < -0.39 is 0 Å². The quantitative estimate of drug-likeness (QED) is 0.864. The molecule has 2 rings (SSSR count). The van der Waals surface area contributed by atoms with Crippen LogP contribution >= 0.6 is 0 Å². The van der Waals surface area contributed by atoms with Gasteiger partial charge in [0.1, 0.15) is 5.82 Å². The van der Waals surface area contributed by atoms with E-state index in [-0.39, 0.29) is 5.82 Å². The topological polar surface area (TPSA) is 15.3 Å². The van der Waals surface area contributed by atoms with Crippen molar-refractivity contribution in [1.82, 2.24) is 10.2 Å². The summed E-state index contributed by atoms with van der Waals surface area (Å²) in [6, 6.07) is 5.52. The molecule has 0 fully saturated rings. The summed E-state index contributed by atoms with van der Waals surface area (Å²) < 4.78 is 13.5. The third-order valence-electron chi connectivity index (χ3n) is 3.58. The Kier molecular flexibility index (Phi) is 4.72. The van der Waals surface area contributed by atoms with Crippen molar-refractivity contribution in [2.45, 2.75) is 39.3 Å². The zero-order chi connectivity index (χ0) is 13.0. The molecule has 0 amide bonds. The van der Waals surface area contributed by atoms with E-state index in [1.807, 2.05) is 6.07 Å². The second kappa shape index (κ2) is 6.30. The Morgan fingerprint density at radius 1 is 1.28 bits per heavy atom.